The zero-order valence-electron chi connectivity index (χ0n) is 23.6. The second kappa shape index (κ2) is 13.0. The van der Waals surface area contributed by atoms with Crippen LogP contribution in [0.4, 0.5) is 27.6 Å². The van der Waals surface area contributed by atoms with Gasteiger partial charge in [0.15, 0.2) is 17.4 Å². The quantitative estimate of drug-likeness (QED) is 0.391. The predicted octanol–water partition coefficient (Wildman–Crippen LogP) is 3.64. The number of hydrogen-bond donors (Lipinski definition) is 2. The molecule has 1 aromatic heterocycles. The minimum Gasteiger partial charge on any atom is -0.432 e. The normalized spacial score (nSPS) is 15.9. The van der Waals surface area contributed by atoms with Crippen LogP contribution in [-0.2, 0) is 11.8 Å². The minimum absolute atomic E-state index is 0.0108. The standard InChI is InChI=1S/C29H29F5N6O4/c1-38-21(19-4-5-22(44-29(33)34)24(32)23(19)31)15-36-25(38)26(41)37-17-2-3-18(20(30)14-17)28(43)40-12-10-39(11-13-40)27(42)16-6-8-35-9-7-16/h2-5,14-16,29,35H,6-13H2,1H3,(H,37,41). The number of rotatable bonds is 7. The van der Waals surface area contributed by atoms with Gasteiger partial charge in [0.25, 0.3) is 11.8 Å². The summed E-state index contributed by atoms with van der Waals surface area (Å²) in [4.78, 5) is 45.9. The highest BCUT2D eigenvalue weighted by atomic mass is 19.3. The fourth-order valence-corrected chi connectivity index (χ4v) is 5.37. The second-order valence-corrected chi connectivity index (χ2v) is 10.4. The van der Waals surface area contributed by atoms with E-state index in [-0.39, 0.29) is 53.2 Å². The molecule has 2 saturated heterocycles. The summed E-state index contributed by atoms with van der Waals surface area (Å²) >= 11 is 0. The maximum Gasteiger partial charge on any atom is 0.387 e. The van der Waals surface area contributed by atoms with Crippen LogP contribution < -0.4 is 15.4 Å². The molecular weight excluding hydrogens is 591 g/mol. The van der Waals surface area contributed by atoms with Crippen LogP contribution in [0.5, 0.6) is 5.75 Å². The molecule has 10 nitrogen and oxygen atoms in total. The molecule has 3 amide bonds. The fraction of sp³-hybridized carbons (Fsp3) is 0.379. The molecule has 15 heteroatoms. The molecule has 44 heavy (non-hydrogen) atoms. The highest BCUT2D eigenvalue weighted by Crippen LogP contribution is 2.31. The van der Waals surface area contributed by atoms with Crippen LogP contribution in [0, 0.1) is 23.4 Å². The number of nitrogens with one attached hydrogen (secondary N) is 2. The van der Waals surface area contributed by atoms with Gasteiger partial charge in [-0.3, -0.25) is 14.4 Å². The van der Waals surface area contributed by atoms with Gasteiger partial charge in [-0.15, -0.1) is 0 Å². The molecule has 234 valence electrons. The average Bonchev–Trinajstić information content (AvgIpc) is 3.40. The van der Waals surface area contributed by atoms with Crippen molar-refractivity contribution >= 4 is 23.4 Å². The Morgan fingerprint density at radius 1 is 0.977 bits per heavy atom. The lowest BCUT2D eigenvalue weighted by Gasteiger charge is -2.37. The first-order valence-electron chi connectivity index (χ1n) is 13.9. The number of imidazole rings is 1. The van der Waals surface area contributed by atoms with Gasteiger partial charge in [-0.05, 0) is 56.3 Å². The maximum absolute atomic E-state index is 15.0. The largest absolute Gasteiger partial charge is 0.432 e. The van der Waals surface area contributed by atoms with Crippen molar-refractivity contribution in [1.29, 1.82) is 0 Å². The molecule has 3 heterocycles. The van der Waals surface area contributed by atoms with Crippen LogP contribution in [0.3, 0.4) is 0 Å². The summed E-state index contributed by atoms with van der Waals surface area (Å²) < 4.78 is 73.8. The molecule has 0 radical (unpaired) electrons. The summed E-state index contributed by atoms with van der Waals surface area (Å²) in [5.41, 5.74) is -0.586. The molecule has 0 aliphatic carbocycles. The third-order valence-electron chi connectivity index (χ3n) is 7.75. The summed E-state index contributed by atoms with van der Waals surface area (Å²) in [6.45, 7) is -0.502. The van der Waals surface area contributed by atoms with E-state index in [2.05, 4.69) is 20.4 Å². The highest BCUT2D eigenvalue weighted by Gasteiger charge is 2.31. The Morgan fingerprint density at radius 2 is 1.66 bits per heavy atom. The molecule has 2 aromatic carbocycles. The van der Waals surface area contributed by atoms with Crippen LogP contribution in [0.2, 0.25) is 0 Å². The van der Waals surface area contributed by atoms with E-state index in [4.69, 9.17) is 0 Å². The molecular formula is C29H29F5N6O4. The van der Waals surface area contributed by atoms with E-state index in [1.54, 1.807) is 4.90 Å². The van der Waals surface area contributed by atoms with Gasteiger partial charge in [-0.2, -0.15) is 13.2 Å². The number of alkyl halides is 2. The number of piperazine rings is 1. The maximum atomic E-state index is 15.0. The number of ether oxygens (including phenoxy) is 1. The van der Waals surface area contributed by atoms with Crippen molar-refractivity contribution in [1.82, 2.24) is 24.7 Å². The van der Waals surface area contributed by atoms with E-state index >= 15 is 4.39 Å². The Bertz CT molecular complexity index is 1570. The van der Waals surface area contributed by atoms with E-state index in [1.807, 2.05) is 0 Å². The smallest absolute Gasteiger partial charge is 0.387 e. The number of anilines is 1. The third kappa shape index (κ3) is 6.37. The van der Waals surface area contributed by atoms with Crippen molar-refractivity contribution < 1.29 is 41.1 Å². The first kappa shape index (κ1) is 30.9. The molecule has 2 aliphatic heterocycles. The Morgan fingerprint density at radius 3 is 2.32 bits per heavy atom. The molecule has 2 aliphatic rings. The summed E-state index contributed by atoms with van der Waals surface area (Å²) in [7, 11) is 1.35. The van der Waals surface area contributed by atoms with Gasteiger partial charge in [0, 0.05) is 50.4 Å². The Hall–Kier alpha value is -4.53. The molecule has 5 rings (SSSR count). The fourth-order valence-electron chi connectivity index (χ4n) is 5.37. The van der Waals surface area contributed by atoms with Gasteiger partial charge >= 0.3 is 6.61 Å². The number of carbonyl (C=O) groups is 3. The molecule has 0 bridgehead atoms. The van der Waals surface area contributed by atoms with Crippen molar-refractivity contribution in [3.63, 3.8) is 0 Å². The van der Waals surface area contributed by atoms with Gasteiger partial charge in [-0.25, -0.2) is 13.8 Å². The van der Waals surface area contributed by atoms with E-state index < -0.39 is 41.6 Å². The summed E-state index contributed by atoms with van der Waals surface area (Å²) in [5, 5.41) is 5.68. The van der Waals surface area contributed by atoms with E-state index in [0.29, 0.717) is 13.1 Å². The number of hydrogen-bond acceptors (Lipinski definition) is 6. The minimum atomic E-state index is -3.35. The van der Waals surface area contributed by atoms with Crippen molar-refractivity contribution in [2.24, 2.45) is 13.0 Å². The van der Waals surface area contributed by atoms with Gasteiger partial charge in [0.1, 0.15) is 5.82 Å². The van der Waals surface area contributed by atoms with Crippen LogP contribution in [-0.4, -0.2) is 83.0 Å². The third-order valence-corrected chi connectivity index (χ3v) is 7.75. The van der Waals surface area contributed by atoms with Gasteiger partial charge < -0.3 is 29.7 Å². The van der Waals surface area contributed by atoms with Crippen LogP contribution >= 0.6 is 0 Å². The van der Waals surface area contributed by atoms with Crippen LogP contribution in [0.1, 0.15) is 33.8 Å². The van der Waals surface area contributed by atoms with E-state index in [9.17, 15) is 31.9 Å². The van der Waals surface area contributed by atoms with Crippen molar-refractivity contribution in [3.05, 3.63) is 65.4 Å². The van der Waals surface area contributed by atoms with Crippen LogP contribution in [0.25, 0.3) is 11.3 Å². The lowest BCUT2D eigenvalue weighted by molar-refractivity contribution is -0.137. The SMILES string of the molecule is Cn1c(-c2ccc(OC(F)F)c(F)c2F)cnc1C(=O)Nc1ccc(C(=O)N2CCN(C(=O)C3CCNCC3)CC2)c(F)c1. The molecule has 0 saturated carbocycles. The van der Waals surface area contributed by atoms with Crippen LogP contribution in [0.15, 0.2) is 36.5 Å². The van der Waals surface area contributed by atoms with E-state index in [1.165, 1.54) is 24.1 Å². The molecule has 2 N–H and O–H groups in total. The average molecular weight is 621 g/mol. The van der Waals surface area contributed by atoms with Gasteiger partial charge in [0.2, 0.25) is 11.7 Å². The molecule has 2 fully saturated rings. The summed E-state index contributed by atoms with van der Waals surface area (Å²) in [5.74, 6) is -6.50. The lowest BCUT2D eigenvalue weighted by Crippen LogP contribution is -2.52. The Kier molecular flexibility index (Phi) is 9.13. The van der Waals surface area contributed by atoms with Crippen molar-refractivity contribution in [2.75, 3.05) is 44.6 Å². The molecule has 0 atom stereocenters. The topological polar surface area (TPSA) is 109 Å². The Labute approximate surface area is 248 Å². The predicted molar refractivity (Wildman–Crippen MR) is 148 cm³/mol. The zero-order valence-corrected chi connectivity index (χ0v) is 23.6. The Balaban J connectivity index is 1.22. The van der Waals surface area contributed by atoms with Gasteiger partial charge in [-0.1, -0.05) is 0 Å². The number of halogens is 5. The number of aromatic nitrogens is 2. The lowest BCUT2D eigenvalue weighted by atomic mass is 9.96. The van der Waals surface area contributed by atoms with E-state index in [0.717, 1.165) is 54.9 Å². The first-order chi connectivity index (χ1) is 21.0. The number of nitrogens with zero attached hydrogens (tertiary/aromatic N) is 4. The highest BCUT2D eigenvalue weighted by molar-refractivity contribution is 6.03. The molecule has 3 aromatic rings. The monoisotopic (exact) mass is 620 g/mol. The molecule has 0 spiro atoms. The first-order valence-corrected chi connectivity index (χ1v) is 13.9. The number of amides is 3. The summed E-state index contributed by atoms with van der Waals surface area (Å²) in [6, 6.07) is 5.39. The van der Waals surface area contributed by atoms with Crippen molar-refractivity contribution in [2.45, 2.75) is 19.5 Å². The van der Waals surface area contributed by atoms with Crippen molar-refractivity contribution in [3.8, 4) is 17.0 Å². The second-order valence-electron chi connectivity index (χ2n) is 10.4. The molecule has 0 unspecified atom stereocenters. The number of carbonyl (C=O) groups excluding carboxylic acids is 3. The number of piperidine rings is 1. The zero-order chi connectivity index (χ0) is 31.5. The summed E-state index contributed by atoms with van der Waals surface area (Å²) in [6.07, 6.45) is 2.64. The van der Waals surface area contributed by atoms with Gasteiger partial charge in [0.05, 0.1) is 17.5 Å². The number of benzene rings is 2.